The third-order valence-corrected chi connectivity index (χ3v) is 1.91. The highest BCUT2D eigenvalue weighted by atomic mass is 19.2. The van der Waals surface area contributed by atoms with E-state index in [-0.39, 0.29) is 11.5 Å². The lowest BCUT2D eigenvalue weighted by Gasteiger charge is -2.14. The maximum absolute atomic E-state index is 13.2. The molecule has 0 saturated carbocycles. The highest BCUT2D eigenvalue weighted by Gasteiger charge is 2.19. The topological polar surface area (TPSA) is 34.5 Å². The summed E-state index contributed by atoms with van der Waals surface area (Å²) in [6, 6.07) is 0.766. The average Bonchev–Trinajstić information content (AvgIpc) is 2.24. The van der Waals surface area contributed by atoms with Gasteiger partial charge in [0, 0.05) is 19.0 Å². The normalized spacial score (nSPS) is 15.8. The predicted octanol–water partition coefficient (Wildman–Crippen LogP) is 1.67. The van der Waals surface area contributed by atoms with Gasteiger partial charge in [-0.15, -0.1) is 0 Å². The van der Waals surface area contributed by atoms with Crippen molar-refractivity contribution in [2.24, 2.45) is 4.99 Å². The van der Waals surface area contributed by atoms with Gasteiger partial charge in [0.2, 0.25) is 11.8 Å². The summed E-state index contributed by atoms with van der Waals surface area (Å²) in [6.07, 6.45) is 0.709. The Morgan fingerprint density at radius 2 is 2.07 bits per heavy atom. The Labute approximate surface area is 83.6 Å². The van der Waals surface area contributed by atoms with E-state index >= 15 is 0 Å². The maximum atomic E-state index is 13.2. The van der Waals surface area contributed by atoms with Crippen LogP contribution in [0.25, 0.3) is 0 Å². The second-order valence-corrected chi connectivity index (χ2v) is 2.99. The van der Waals surface area contributed by atoms with E-state index in [1.165, 1.54) is 0 Å². The Morgan fingerprint density at radius 1 is 1.27 bits per heavy atom. The van der Waals surface area contributed by atoms with Crippen LogP contribution in [0.15, 0.2) is 11.1 Å². The van der Waals surface area contributed by atoms with Crippen LogP contribution in [-0.2, 0) is 4.74 Å². The maximum Gasteiger partial charge on any atom is 0.252 e. The van der Waals surface area contributed by atoms with Gasteiger partial charge < -0.3 is 4.74 Å². The van der Waals surface area contributed by atoms with Gasteiger partial charge in [0.1, 0.15) is 0 Å². The number of nitrogens with zero attached hydrogens (tertiary/aromatic N) is 2. The minimum absolute atomic E-state index is 0.0704. The first kappa shape index (κ1) is 9.95. The Hall–Kier alpha value is -1.59. The molecule has 0 radical (unpaired) electrons. The molecule has 3 nitrogen and oxygen atoms in total. The number of rotatable bonds is 1. The van der Waals surface area contributed by atoms with E-state index in [4.69, 9.17) is 4.74 Å². The molecule has 15 heavy (non-hydrogen) atoms. The lowest BCUT2D eigenvalue weighted by atomic mass is 10.2. The van der Waals surface area contributed by atoms with Crippen molar-refractivity contribution >= 4 is 5.90 Å². The fourth-order valence-corrected chi connectivity index (χ4v) is 1.25. The third-order valence-electron chi connectivity index (χ3n) is 1.91. The van der Waals surface area contributed by atoms with Crippen molar-refractivity contribution in [1.82, 2.24) is 4.98 Å². The lowest BCUT2D eigenvalue weighted by Crippen LogP contribution is -2.17. The molecule has 1 aliphatic rings. The van der Waals surface area contributed by atoms with Crippen molar-refractivity contribution in [3.63, 3.8) is 0 Å². The number of ether oxygens (including phenoxy) is 1. The minimum atomic E-state index is -1.48. The van der Waals surface area contributed by atoms with Crippen LogP contribution < -0.4 is 0 Å². The van der Waals surface area contributed by atoms with Crippen molar-refractivity contribution < 1.29 is 17.9 Å². The zero-order valence-corrected chi connectivity index (χ0v) is 7.64. The van der Waals surface area contributed by atoms with Crippen LogP contribution in [0.1, 0.15) is 12.0 Å². The Kier molecular flexibility index (Phi) is 2.57. The molecule has 0 fully saturated rings. The van der Waals surface area contributed by atoms with E-state index in [2.05, 4.69) is 9.98 Å². The molecule has 1 aromatic heterocycles. The molecule has 0 spiro atoms. The van der Waals surface area contributed by atoms with Gasteiger partial charge in [0.05, 0.1) is 12.2 Å². The lowest BCUT2D eigenvalue weighted by molar-refractivity contribution is 0.281. The second-order valence-electron chi connectivity index (χ2n) is 2.99. The molecule has 0 saturated heterocycles. The molecule has 0 atom stereocenters. The molecule has 2 rings (SSSR count). The van der Waals surface area contributed by atoms with Crippen molar-refractivity contribution in [1.29, 1.82) is 0 Å². The van der Waals surface area contributed by atoms with Crippen molar-refractivity contribution in [2.45, 2.75) is 6.42 Å². The van der Waals surface area contributed by atoms with Gasteiger partial charge in [-0.25, -0.2) is 4.39 Å². The van der Waals surface area contributed by atoms with E-state index in [1.54, 1.807) is 0 Å². The molecule has 0 aromatic carbocycles. The van der Waals surface area contributed by atoms with Crippen LogP contribution >= 0.6 is 0 Å². The molecule has 80 valence electrons. The molecule has 2 heterocycles. The molecule has 1 aliphatic heterocycles. The summed E-state index contributed by atoms with van der Waals surface area (Å²) in [7, 11) is 0. The van der Waals surface area contributed by atoms with E-state index in [9.17, 15) is 13.2 Å². The number of hydrogen-bond donors (Lipinski definition) is 0. The Balaban J connectivity index is 2.46. The van der Waals surface area contributed by atoms with E-state index in [0.717, 1.165) is 6.07 Å². The Bertz CT molecular complexity index is 420. The fourth-order valence-electron chi connectivity index (χ4n) is 1.25. The van der Waals surface area contributed by atoms with Gasteiger partial charge in [0.15, 0.2) is 5.82 Å². The standard InChI is InChI=1S/C9H7F3N2O/c10-6-4-5(7(11)8(12)14-6)9-13-2-1-3-15-9/h4H,1-3H2. The summed E-state index contributed by atoms with van der Waals surface area (Å²) in [5, 5.41) is 0. The predicted molar refractivity (Wildman–Crippen MR) is 46.1 cm³/mol. The number of aromatic nitrogens is 1. The van der Waals surface area contributed by atoms with Crippen LogP contribution in [0.2, 0.25) is 0 Å². The van der Waals surface area contributed by atoms with Gasteiger partial charge in [0.25, 0.3) is 5.95 Å². The highest BCUT2D eigenvalue weighted by molar-refractivity contribution is 5.94. The quantitative estimate of drug-likeness (QED) is 0.669. The molecule has 6 heteroatoms. The second kappa shape index (κ2) is 3.88. The van der Waals surface area contributed by atoms with Crippen LogP contribution in [0, 0.1) is 17.7 Å². The number of hydrogen-bond acceptors (Lipinski definition) is 3. The zero-order chi connectivity index (χ0) is 10.8. The molecule has 0 bridgehead atoms. The van der Waals surface area contributed by atoms with Crippen LogP contribution in [0.3, 0.4) is 0 Å². The van der Waals surface area contributed by atoms with Crippen LogP contribution in [0.4, 0.5) is 13.2 Å². The largest absolute Gasteiger partial charge is 0.477 e. The molecule has 1 aromatic rings. The third kappa shape index (κ3) is 1.93. The van der Waals surface area contributed by atoms with Crippen LogP contribution in [0.5, 0.6) is 0 Å². The Morgan fingerprint density at radius 3 is 2.73 bits per heavy atom. The number of pyridine rings is 1. The number of aliphatic imine (C=N–C) groups is 1. The van der Waals surface area contributed by atoms with Gasteiger partial charge in [-0.2, -0.15) is 13.8 Å². The van der Waals surface area contributed by atoms with Crippen molar-refractivity contribution in [2.75, 3.05) is 13.2 Å². The SMILES string of the molecule is Fc1cc(C2=NCCCO2)c(F)c(F)n1. The van der Waals surface area contributed by atoms with Gasteiger partial charge in [-0.1, -0.05) is 0 Å². The monoisotopic (exact) mass is 216 g/mol. The summed E-state index contributed by atoms with van der Waals surface area (Å²) in [5.41, 5.74) is -0.320. The van der Waals surface area contributed by atoms with Gasteiger partial charge in [-0.3, -0.25) is 4.99 Å². The summed E-state index contributed by atoms with van der Waals surface area (Å²) >= 11 is 0. The molecular weight excluding hydrogens is 209 g/mol. The molecule has 0 amide bonds. The molecular formula is C9H7F3N2O. The highest BCUT2D eigenvalue weighted by Crippen LogP contribution is 2.15. The first-order chi connectivity index (χ1) is 7.18. The summed E-state index contributed by atoms with van der Waals surface area (Å²) < 4.78 is 43.7. The minimum Gasteiger partial charge on any atom is -0.477 e. The van der Waals surface area contributed by atoms with Gasteiger partial charge >= 0.3 is 0 Å². The first-order valence-electron chi connectivity index (χ1n) is 4.37. The smallest absolute Gasteiger partial charge is 0.252 e. The first-order valence-corrected chi connectivity index (χ1v) is 4.37. The van der Waals surface area contributed by atoms with E-state index < -0.39 is 17.7 Å². The zero-order valence-electron chi connectivity index (χ0n) is 7.64. The molecule has 0 unspecified atom stereocenters. The number of halogens is 3. The van der Waals surface area contributed by atoms with Crippen molar-refractivity contribution in [3.8, 4) is 0 Å². The van der Waals surface area contributed by atoms with E-state index in [0.29, 0.717) is 19.6 Å². The van der Waals surface area contributed by atoms with Gasteiger partial charge in [-0.05, 0) is 0 Å². The van der Waals surface area contributed by atoms with Crippen molar-refractivity contribution in [3.05, 3.63) is 29.3 Å². The van der Waals surface area contributed by atoms with Crippen LogP contribution in [-0.4, -0.2) is 24.0 Å². The summed E-state index contributed by atoms with van der Waals surface area (Å²) in [5.74, 6) is -3.89. The summed E-state index contributed by atoms with van der Waals surface area (Å²) in [4.78, 5) is 6.55. The fraction of sp³-hybridized carbons (Fsp3) is 0.333. The molecule has 0 aliphatic carbocycles. The average molecular weight is 216 g/mol. The summed E-state index contributed by atoms with van der Waals surface area (Å²) in [6.45, 7) is 0.824. The molecule has 0 N–H and O–H groups in total. The van der Waals surface area contributed by atoms with E-state index in [1.807, 2.05) is 0 Å².